The van der Waals surface area contributed by atoms with Gasteiger partial charge in [-0.25, -0.2) is 0 Å². The summed E-state index contributed by atoms with van der Waals surface area (Å²) in [6.45, 7) is 2.54. The molecule has 2 amide bonds. The number of hydrogen-bond donors (Lipinski definition) is 0. The number of likely N-dealkylation sites (N-methyl/N-ethyl adjacent to an activating group) is 1. The van der Waals surface area contributed by atoms with E-state index in [2.05, 4.69) is 0 Å². The van der Waals surface area contributed by atoms with Gasteiger partial charge in [0.2, 0.25) is 0 Å². The summed E-state index contributed by atoms with van der Waals surface area (Å²) in [5.41, 5.74) is 0.873. The molecule has 0 unspecified atom stereocenters. The molecule has 1 aromatic carbocycles. The fraction of sp³-hybridized carbons (Fsp3) is 0.231. The van der Waals surface area contributed by atoms with Gasteiger partial charge in [0.1, 0.15) is 5.75 Å². The Labute approximate surface area is 110 Å². The van der Waals surface area contributed by atoms with E-state index in [-0.39, 0.29) is 11.1 Å². The number of hydrogen-bond acceptors (Lipinski definition) is 4. The zero-order valence-electron chi connectivity index (χ0n) is 10.2. The SMILES string of the molecule is CCOc1ccc(/C=C2\SC(=O)N(C)C2=O)cc1. The molecule has 0 spiro atoms. The number of carbonyl (C=O) groups excluding carboxylic acids is 2. The lowest BCUT2D eigenvalue weighted by atomic mass is 10.2. The Kier molecular flexibility index (Phi) is 3.72. The number of thioether (sulfide) groups is 1. The van der Waals surface area contributed by atoms with E-state index in [0.29, 0.717) is 11.5 Å². The number of nitrogens with zero attached hydrogens (tertiary/aromatic N) is 1. The van der Waals surface area contributed by atoms with Crippen LogP contribution in [0, 0.1) is 0 Å². The standard InChI is InChI=1S/C13H13NO3S/c1-3-17-10-6-4-9(5-7-10)8-11-12(15)14(2)13(16)18-11/h4-8H,3H2,1-2H3/b11-8-. The van der Waals surface area contributed by atoms with E-state index in [1.54, 1.807) is 6.08 Å². The van der Waals surface area contributed by atoms with E-state index in [1.165, 1.54) is 7.05 Å². The van der Waals surface area contributed by atoms with Crippen LogP contribution in [0.15, 0.2) is 29.2 Å². The first-order chi connectivity index (χ1) is 8.61. The monoisotopic (exact) mass is 263 g/mol. The van der Waals surface area contributed by atoms with Crippen molar-refractivity contribution >= 4 is 29.0 Å². The minimum Gasteiger partial charge on any atom is -0.494 e. The van der Waals surface area contributed by atoms with Crippen molar-refractivity contribution in [3.8, 4) is 5.75 Å². The topological polar surface area (TPSA) is 46.6 Å². The van der Waals surface area contributed by atoms with Crippen LogP contribution in [0.3, 0.4) is 0 Å². The zero-order chi connectivity index (χ0) is 13.1. The first kappa shape index (κ1) is 12.7. The van der Waals surface area contributed by atoms with Gasteiger partial charge in [0.25, 0.3) is 11.1 Å². The molecule has 1 fully saturated rings. The number of benzene rings is 1. The van der Waals surface area contributed by atoms with Crippen molar-refractivity contribution in [3.05, 3.63) is 34.7 Å². The average molecular weight is 263 g/mol. The lowest BCUT2D eigenvalue weighted by Crippen LogP contribution is -2.22. The van der Waals surface area contributed by atoms with Gasteiger partial charge in [-0.05, 0) is 42.5 Å². The maximum absolute atomic E-state index is 11.7. The molecule has 0 aliphatic carbocycles. The van der Waals surface area contributed by atoms with Gasteiger partial charge >= 0.3 is 0 Å². The summed E-state index contributed by atoms with van der Waals surface area (Å²) >= 11 is 0.958. The molecular weight excluding hydrogens is 250 g/mol. The average Bonchev–Trinajstić information content (AvgIpc) is 2.60. The highest BCUT2D eigenvalue weighted by atomic mass is 32.2. The van der Waals surface area contributed by atoms with Crippen molar-refractivity contribution in [2.45, 2.75) is 6.92 Å². The first-order valence-electron chi connectivity index (χ1n) is 5.56. The van der Waals surface area contributed by atoms with Crippen molar-refractivity contribution in [2.75, 3.05) is 13.7 Å². The van der Waals surface area contributed by atoms with E-state index < -0.39 is 0 Å². The van der Waals surface area contributed by atoms with E-state index in [0.717, 1.165) is 28.0 Å². The second kappa shape index (κ2) is 5.27. The summed E-state index contributed by atoms with van der Waals surface area (Å²) in [7, 11) is 1.48. The number of amides is 2. The smallest absolute Gasteiger partial charge is 0.293 e. The minimum atomic E-state index is -0.251. The third-order valence-corrected chi connectivity index (χ3v) is 3.44. The summed E-state index contributed by atoms with van der Waals surface area (Å²) in [5.74, 6) is 0.539. The highest BCUT2D eigenvalue weighted by Crippen LogP contribution is 2.31. The number of rotatable bonds is 3. The minimum absolute atomic E-state index is 0.239. The molecule has 0 aromatic heterocycles. The lowest BCUT2D eigenvalue weighted by molar-refractivity contribution is -0.121. The van der Waals surface area contributed by atoms with Crippen molar-refractivity contribution in [1.82, 2.24) is 4.90 Å². The molecule has 1 aliphatic heterocycles. The lowest BCUT2D eigenvalue weighted by Gasteiger charge is -2.03. The fourth-order valence-electron chi connectivity index (χ4n) is 1.52. The van der Waals surface area contributed by atoms with E-state index in [9.17, 15) is 9.59 Å². The van der Waals surface area contributed by atoms with Gasteiger partial charge in [0.15, 0.2) is 0 Å². The van der Waals surface area contributed by atoms with Gasteiger partial charge in [0.05, 0.1) is 11.5 Å². The molecular formula is C13H13NO3S. The molecule has 94 valence electrons. The first-order valence-corrected chi connectivity index (χ1v) is 6.38. The third-order valence-electron chi connectivity index (χ3n) is 2.48. The molecule has 0 saturated carbocycles. The fourth-order valence-corrected chi connectivity index (χ4v) is 2.35. The zero-order valence-corrected chi connectivity index (χ0v) is 11.0. The highest BCUT2D eigenvalue weighted by molar-refractivity contribution is 8.18. The second-order valence-corrected chi connectivity index (χ2v) is 4.74. The Morgan fingerprint density at radius 3 is 2.44 bits per heavy atom. The number of ether oxygens (including phenoxy) is 1. The summed E-state index contributed by atoms with van der Waals surface area (Å²) < 4.78 is 5.33. The van der Waals surface area contributed by atoms with Crippen molar-refractivity contribution < 1.29 is 14.3 Å². The van der Waals surface area contributed by atoms with E-state index >= 15 is 0 Å². The molecule has 0 bridgehead atoms. The third kappa shape index (κ3) is 2.56. The summed E-state index contributed by atoms with van der Waals surface area (Å²) in [6, 6.07) is 7.39. The molecule has 1 aromatic rings. The van der Waals surface area contributed by atoms with E-state index in [4.69, 9.17) is 4.74 Å². The maximum Gasteiger partial charge on any atom is 0.293 e. The summed E-state index contributed by atoms with van der Waals surface area (Å²) in [6.07, 6.45) is 1.71. The Morgan fingerprint density at radius 1 is 1.28 bits per heavy atom. The molecule has 1 heterocycles. The van der Waals surface area contributed by atoms with Crippen LogP contribution in [-0.4, -0.2) is 29.7 Å². The molecule has 2 rings (SSSR count). The van der Waals surface area contributed by atoms with Crippen molar-refractivity contribution in [1.29, 1.82) is 0 Å². The number of carbonyl (C=O) groups is 2. The molecule has 0 radical (unpaired) electrons. The van der Waals surface area contributed by atoms with Gasteiger partial charge in [0, 0.05) is 7.05 Å². The molecule has 5 heteroatoms. The molecule has 0 atom stereocenters. The van der Waals surface area contributed by atoms with Crippen LogP contribution in [0.4, 0.5) is 4.79 Å². The Morgan fingerprint density at radius 2 is 1.94 bits per heavy atom. The quantitative estimate of drug-likeness (QED) is 0.787. The molecule has 1 aliphatic rings. The van der Waals surface area contributed by atoms with Crippen molar-refractivity contribution in [2.24, 2.45) is 0 Å². The van der Waals surface area contributed by atoms with Crippen LogP contribution in [0.2, 0.25) is 0 Å². The molecule has 0 N–H and O–H groups in total. The predicted molar refractivity (Wildman–Crippen MR) is 71.3 cm³/mol. The number of imide groups is 1. The highest BCUT2D eigenvalue weighted by Gasteiger charge is 2.31. The Balaban J connectivity index is 2.18. The van der Waals surface area contributed by atoms with Crippen LogP contribution in [-0.2, 0) is 4.79 Å². The maximum atomic E-state index is 11.7. The van der Waals surface area contributed by atoms with Gasteiger partial charge in [-0.3, -0.25) is 14.5 Å². The van der Waals surface area contributed by atoms with Crippen LogP contribution in [0.25, 0.3) is 6.08 Å². The van der Waals surface area contributed by atoms with Crippen LogP contribution in [0.5, 0.6) is 5.75 Å². The molecule has 1 saturated heterocycles. The van der Waals surface area contributed by atoms with Gasteiger partial charge in [-0.15, -0.1) is 0 Å². The summed E-state index contributed by atoms with van der Waals surface area (Å²) in [5, 5.41) is -0.239. The Bertz CT molecular complexity index is 507. The summed E-state index contributed by atoms with van der Waals surface area (Å²) in [4.78, 5) is 24.6. The second-order valence-electron chi connectivity index (χ2n) is 3.74. The van der Waals surface area contributed by atoms with Gasteiger partial charge in [-0.2, -0.15) is 0 Å². The van der Waals surface area contributed by atoms with Crippen molar-refractivity contribution in [3.63, 3.8) is 0 Å². The van der Waals surface area contributed by atoms with Crippen LogP contribution >= 0.6 is 11.8 Å². The van der Waals surface area contributed by atoms with Gasteiger partial charge in [-0.1, -0.05) is 12.1 Å². The molecule has 18 heavy (non-hydrogen) atoms. The largest absolute Gasteiger partial charge is 0.494 e. The van der Waals surface area contributed by atoms with Gasteiger partial charge < -0.3 is 4.74 Å². The van der Waals surface area contributed by atoms with Crippen LogP contribution < -0.4 is 4.74 Å². The van der Waals surface area contributed by atoms with Crippen LogP contribution in [0.1, 0.15) is 12.5 Å². The normalized spacial score (nSPS) is 17.7. The predicted octanol–water partition coefficient (Wildman–Crippen LogP) is 2.75. The molecule has 4 nitrogen and oxygen atoms in total. The van der Waals surface area contributed by atoms with E-state index in [1.807, 2.05) is 31.2 Å². The Hall–Kier alpha value is -1.75.